The Labute approximate surface area is 105 Å². The lowest BCUT2D eigenvalue weighted by molar-refractivity contribution is -0.118. The van der Waals surface area contributed by atoms with Gasteiger partial charge in [0.15, 0.2) is 6.61 Å². The van der Waals surface area contributed by atoms with E-state index in [0.29, 0.717) is 11.4 Å². The van der Waals surface area contributed by atoms with Gasteiger partial charge in [0.2, 0.25) is 0 Å². The van der Waals surface area contributed by atoms with E-state index < -0.39 is 0 Å². The number of carbonyl (C=O) groups is 1. The molecular weight excluding hydrogens is 228 g/mol. The zero-order valence-electron chi connectivity index (χ0n) is 9.93. The lowest BCUT2D eigenvalue weighted by atomic mass is 10.1. The molecule has 1 N–H and O–H groups in total. The standard InChI is InChI=1S/C14H12N2O2/c1-9-4-5-15-12(6-9)10-2-3-11-13(7-10)18-8-14(17)16-11/h2-7H,8H2,1H3,(H,16,17). The molecule has 0 spiro atoms. The van der Waals surface area contributed by atoms with Crippen LogP contribution in [0.2, 0.25) is 0 Å². The van der Waals surface area contributed by atoms with Crippen molar-refractivity contribution in [3.63, 3.8) is 0 Å². The number of hydrogen-bond acceptors (Lipinski definition) is 3. The van der Waals surface area contributed by atoms with Gasteiger partial charge in [-0.1, -0.05) is 6.07 Å². The average Bonchev–Trinajstić information content (AvgIpc) is 2.38. The van der Waals surface area contributed by atoms with Gasteiger partial charge in [0.05, 0.1) is 11.4 Å². The molecule has 4 heteroatoms. The van der Waals surface area contributed by atoms with Crippen LogP contribution in [0.5, 0.6) is 5.75 Å². The molecule has 0 saturated heterocycles. The Hall–Kier alpha value is -2.36. The summed E-state index contributed by atoms with van der Waals surface area (Å²) in [6.45, 7) is 2.10. The van der Waals surface area contributed by atoms with Crippen molar-refractivity contribution >= 4 is 11.6 Å². The predicted octanol–water partition coefficient (Wildman–Crippen LogP) is 2.39. The number of anilines is 1. The quantitative estimate of drug-likeness (QED) is 0.832. The zero-order chi connectivity index (χ0) is 12.5. The Kier molecular flexibility index (Phi) is 2.48. The predicted molar refractivity (Wildman–Crippen MR) is 68.5 cm³/mol. The number of carbonyl (C=O) groups excluding carboxylic acids is 1. The van der Waals surface area contributed by atoms with E-state index in [9.17, 15) is 4.79 Å². The van der Waals surface area contributed by atoms with Gasteiger partial charge in [-0.15, -0.1) is 0 Å². The van der Waals surface area contributed by atoms with Crippen LogP contribution in [-0.2, 0) is 4.79 Å². The van der Waals surface area contributed by atoms with Crippen LogP contribution < -0.4 is 10.1 Å². The Morgan fingerprint density at radius 3 is 3.00 bits per heavy atom. The van der Waals surface area contributed by atoms with Crippen molar-refractivity contribution in [2.75, 3.05) is 11.9 Å². The van der Waals surface area contributed by atoms with E-state index in [1.807, 2.05) is 37.3 Å². The summed E-state index contributed by atoms with van der Waals surface area (Å²) in [5, 5.41) is 2.77. The number of nitrogens with one attached hydrogen (secondary N) is 1. The molecule has 2 heterocycles. The van der Waals surface area contributed by atoms with Crippen molar-refractivity contribution in [3.8, 4) is 17.0 Å². The summed E-state index contributed by atoms with van der Waals surface area (Å²) in [6, 6.07) is 9.64. The molecule has 18 heavy (non-hydrogen) atoms. The third-order valence-electron chi connectivity index (χ3n) is 2.83. The molecule has 1 aromatic carbocycles. The van der Waals surface area contributed by atoms with Crippen LogP contribution in [0.3, 0.4) is 0 Å². The summed E-state index contributed by atoms with van der Waals surface area (Å²) in [6.07, 6.45) is 1.78. The fourth-order valence-electron chi connectivity index (χ4n) is 1.93. The van der Waals surface area contributed by atoms with Gasteiger partial charge < -0.3 is 10.1 Å². The van der Waals surface area contributed by atoms with Crippen LogP contribution in [0.4, 0.5) is 5.69 Å². The Bertz CT molecular complexity index is 623. The third-order valence-corrected chi connectivity index (χ3v) is 2.83. The molecule has 1 aromatic heterocycles. The molecule has 0 unspecified atom stereocenters. The molecule has 1 amide bonds. The Balaban J connectivity index is 2.02. The molecule has 1 aliphatic rings. The summed E-state index contributed by atoms with van der Waals surface area (Å²) in [5.41, 5.74) is 3.75. The van der Waals surface area contributed by atoms with E-state index in [2.05, 4.69) is 10.3 Å². The van der Waals surface area contributed by atoms with Crippen molar-refractivity contribution in [1.29, 1.82) is 0 Å². The van der Waals surface area contributed by atoms with E-state index in [-0.39, 0.29) is 12.5 Å². The SMILES string of the molecule is Cc1ccnc(-c2ccc3c(c2)OCC(=O)N3)c1. The van der Waals surface area contributed by atoms with E-state index in [1.165, 1.54) is 0 Å². The molecule has 0 radical (unpaired) electrons. The van der Waals surface area contributed by atoms with Gasteiger partial charge in [0.25, 0.3) is 5.91 Å². The maximum Gasteiger partial charge on any atom is 0.262 e. The fourth-order valence-corrected chi connectivity index (χ4v) is 1.93. The van der Waals surface area contributed by atoms with Gasteiger partial charge in [-0.05, 0) is 36.8 Å². The van der Waals surface area contributed by atoms with Crippen LogP contribution in [0.15, 0.2) is 36.5 Å². The Morgan fingerprint density at radius 2 is 2.17 bits per heavy atom. The first-order valence-corrected chi connectivity index (χ1v) is 5.72. The minimum absolute atomic E-state index is 0.0672. The molecule has 1 aliphatic heterocycles. The number of rotatable bonds is 1. The summed E-state index contributed by atoms with van der Waals surface area (Å²) < 4.78 is 5.39. The van der Waals surface area contributed by atoms with Crippen LogP contribution in [0.25, 0.3) is 11.3 Å². The summed E-state index contributed by atoms with van der Waals surface area (Å²) in [5.74, 6) is 0.569. The first-order chi connectivity index (χ1) is 8.72. The monoisotopic (exact) mass is 240 g/mol. The van der Waals surface area contributed by atoms with Crippen LogP contribution in [0, 0.1) is 6.92 Å². The van der Waals surface area contributed by atoms with Gasteiger partial charge >= 0.3 is 0 Å². The van der Waals surface area contributed by atoms with Crippen molar-refractivity contribution in [2.24, 2.45) is 0 Å². The van der Waals surface area contributed by atoms with E-state index in [0.717, 1.165) is 16.8 Å². The zero-order valence-corrected chi connectivity index (χ0v) is 9.93. The highest BCUT2D eigenvalue weighted by atomic mass is 16.5. The second-order valence-electron chi connectivity index (χ2n) is 4.27. The highest BCUT2D eigenvalue weighted by Gasteiger charge is 2.16. The lowest BCUT2D eigenvalue weighted by Crippen LogP contribution is -2.25. The minimum atomic E-state index is -0.121. The number of ether oxygens (including phenoxy) is 1. The Morgan fingerprint density at radius 1 is 1.28 bits per heavy atom. The molecule has 0 fully saturated rings. The molecule has 3 rings (SSSR count). The van der Waals surface area contributed by atoms with Gasteiger partial charge in [-0.25, -0.2) is 0 Å². The topological polar surface area (TPSA) is 51.2 Å². The van der Waals surface area contributed by atoms with Gasteiger partial charge in [0.1, 0.15) is 5.75 Å². The van der Waals surface area contributed by atoms with Gasteiger partial charge in [-0.3, -0.25) is 9.78 Å². The molecule has 0 saturated carbocycles. The molecule has 4 nitrogen and oxygen atoms in total. The van der Waals surface area contributed by atoms with E-state index >= 15 is 0 Å². The second kappa shape index (κ2) is 4.14. The molecule has 90 valence electrons. The summed E-state index contributed by atoms with van der Waals surface area (Å²) in [4.78, 5) is 15.5. The van der Waals surface area contributed by atoms with Crippen LogP contribution >= 0.6 is 0 Å². The number of pyridine rings is 1. The highest BCUT2D eigenvalue weighted by Crippen LogP contribution is 2.32. The van der Waals surface area contributed by atoms with Crippen LogP contribution in [-0.4, -0.2) is 17.5 Å². The molecule has 0 aliphatic carbocycles. The number of amides is 1. The third kappa shape index (κ3) is 1.93. The van der Waals surface area contributed by atoms with E-state index in [4.69, 9.17) is 4.74 Å². The lowest BCUT2D eigenvalue weighted by Gasteiger charge is -2.18. The number of fused-ring (bicyclic) bond motifs is 1. The maximum absolute atomic E-state index is 11.2. The smallest absolute Gasteiger partial charge is 0.262 e. The number of aromatic nitrogens is 1. The molecule has 2 aromatic rings. The van der Waals surface area contributed by atoms with Crippen LogP contribution in [0.1, 0.15) is 5.56 Å². The van der Waals surface area contributed by atoms with Gasteiger partial charge in [-0.2, -0.15) is 0 Å². The fraction of sp³-hybridized carbons (Fsp3) is 0.143. The number of benzene rings is 1. The largest absolute Gasteiger partial charge is 0.482 e. The first-order valence-electron chi connectivity index (χ1n) is 5.72. The number of hydrogen-bond donors (Lipinski definition) is 1. The first kappa shape index (κ1) is 10.8. The van der Waals surface area contributed by atoms with Crippen molar-refractivity contribution in [3.05, 3.63) is 42.1 Å². The van der Waals surface area contributed by atoms with Crippen molar-refractivity contribution < 1.29 is 9.53 Å². The average molecular weight is 240 g/mol. The number of aryl methyl sites for hydroxylation is 1. The van der Waals surface area contributed by atoms with Crippen molar-refractivity contribution in [1.82, 2.24) is 4.98 Å². The molecule has 0 atom stereocenters. The van der Waals surface area contributed by atoms with E-state index in [1.54, 1.807) is 6.20 Å². The minimum Gasteiger partial charge on any atom is -0.482 e. The second-order valence-corrected chi connectivity index (χ2v) is 4.27. The maximum atomic E-state index is 11.2. The summed E-state index contributed by atoms with van der Waals surface area (Å²) >= 11 is 0. The normalized spacial score (nSPS) is 13.5. The summed E-state index contributed by atoms with van der Waals surface area (Å²) in [7, 11) is 0. The molecular formula is C14H12N2O2. The highest BCUT2D eigenvalue weighted by molar-refractivity contribution is 5.95. The molecule has 0 bridgehead atoms. The van der Waals surface area contributed by atoms with Crippen molar-refractivity contribution in [2.45, 2.75) is 6.92 Å². The number of nitrogens with zero attached hydrogens (tertiary/aromatic N) is 1. The van der Waals surface area contributed by atoms with Gasteiger partial charge in [0, 0.05) is 11.8 Å².